The number of likely N-dealkylation sites (tertiary alicyclic amines) is 1. The fourth-order valence-electron chi connectivity index (χ4n) is 2.52. The van der Waals surface area contributed by atoms with Crippen LogP contribution >= 0.6 is 0 Å². The van der Waals surface area contributed by atoms with Crippen LogP contribution in [-0.4, -0.2) is 43.1 Å². The maximum absolute atomic E-state index is 12.2. The van der Waals surface area contributed by atoms with Crippen LogP contribution in [0.4, 0.5) is 0 Å². The van der Waals surface area contributed by atoms with Gasteiger partial charge in [0.05, 0.1) is 13.7 Å². The Bertz CT molecular complexity index is 550. The van der Waals surface area contributed by atoms with Crippen molar-refractivity contribution in [3.05, 3.63) is 35.9 Å². The normalized spacial score (nSPS) is 17.7. The van der Waals surface area contributed by atoms with Gasteiger partial charge in [0.1, 0.15) is 11.8 Å². The lowest BCUT2D eigenvalue weighted by Crippen LogP contribution is -2.40. The van der Waals surface area contributed by atoms with Crippen LogP contribution in [0, 0.1) is 0 Å². The Labute approximate surface area is 130 Å². The van der Waals surface area contributed by atoms with Gasteiger partial charge < -0.3 is 14.4 Å². The molecular weight excluding hydrogens is 282 g/mol. The highest BCUT2D eigenvalue weighted by Crippen LogP contribution is 2.19. The number of esters is 1. The van der Waals surface area contributed by atoms with E-state index in [9.17, 15) is 9.59 Å². The van der Waals surface area contributed by atoms with Crippen LogP contribution in [-0.2, 0) is 14.3 Å². The van der Waals surface area contributed by atoms with Gasteiger partial charge in [-0.3, -0.25) is 4.79 Å². The molecular formula is C17H21NO4. The first-order valence-corrected chi connectivity index (χ1v) is 7.45. The van der Waals surface area contributed by atoms with E-state index in [-0.39, 0.29) is 11.9 Å². The second-order valence-electron chi connectivity index (χ2n) is 5.05. The van der Waals surface area contributed by atoms with Crippen molar-refractivity contribution in [2.24, 2.45) is 0 Å². The minimum absolute atomic E-state index is 0.165. The quantitative estimate of drug-likeness (QED) is 0.618. The molecule has 0 aliphatic carbocycles. The third-order valence-electron chi connectivity index (χ3n) is 3.62. The maximum atomic E-state index is 12.2. The van der Waals surface area contributed by atoms with Gasteiger partial charge in [0.15, 0.2) is 0 Å². The SMILES string of the molecule is CCOc1ccc(/C=C/C(=O)N2CCCC2C(=O)OC)cc1. The summed E-state index contributed by atoms with van der Waals surface area (Å²) in [4.78, 5) is 25.4. The van der Waals surface area contributed by atoms with Gasteiger partial charge in [-0.2, -0.15) is 0 Å². The van der Waals surface area contributed by atoms with Gasteiger partial charge in [0, 0.05) is 12.6 Å². The second kappa shape index (κ2) is 7.64. The zero-order valence-corrected chi connectivity index (χ0v) is 13.0. The predicted molar refractivity (Wildman–Crippen MR) is 83.4 cm³/mol. The van der Waals surface area contributed by atoms with E-state index in [0.29, 0.717) is 19.6 Å². The molecule has 1 heterocycles. The van der Waals surface area contributed by atoms with Gasteiger partial charge in [-0.05, 0) is 43.5 Å². The molecule has 22 heavy (non-hydrogen) atoms. The lowest BCUT2D eigenvalue weighted by atomic mass is 10.2. The molecule has 0 spiro atoms. The summed E-state index contributed by atoms with van der Waals surface area (Å²) in [6.07, 6.45) is 4.72. The molecule has 1 atom stereocenters. The van der Waals surface area contributed by atoms with E-state index in [2.05, 4.69) is 0 Å². The highest BCUT2D eigenvalue weighted by molar-refractivity contribution is 5.95. The molecule has 1 amide bonds. The van der Waals surface area contributed by atoms with E-state index in [1.54, 1.807) is 11.0 Å². The number of carbonyl (C=O) groups is 2. The van der Waals surface area contributed by atoms with Crippen molar-refractivity contribution in [3.8, 4) is 5.75 Å². The van der Waals surface area contributed by atoms with Crippen molar-refractivity contribution in [2.75, 3.05) is 20.3 Å². The molecule has 0 saturated carbocycles. The van der Waals surface area contributed by atoms with E-state index in [1.165, 1.54) is 13.2 Å². The van der Waals surface area contributed by atoms with E-state index in [4.69, 9.17) is 9.47 Å². The molecule has 118 valence electrons. The maximum Gasteiger partial charge on any atom is 0.328 e. The number of carbonyl (C=O) groups excluding carboxylic acids is 2. The number of rotatable bonds is 5. The van der Waals surface area contributed by atoms with E-state index < -0.39 is 6.04 Å². The average Bonchev–Trinajstić information content (AvgIpc) is 3.03. The zero-order valence-electron chi connectivity index (χ0n) is 13.0. The number of nitrogens with zero attached hydrogens (tertiary/aromatic N) is 1. The molecule has 0 aromatic heterocycles. The molecule has 1 fully saturated rings. The monoisotopic (exact) mass is 303 g/mol. The number of hydrogen-bond donors (Lipinski definition) is 0. The van der Waals surface area contributed by atoms with Crippen LogP contribution < -0.4 is 4.74 Å². The summed E-state index contributed by atoms with van der Waals surface area (Å²) in [6, 6.07) is 7.04. The molecule has 5 heteroatoms. The van der Waals surface area contributed by atoms with Crippen molar-refractivity contribution in [1.82, 2.24) is 4.90 Å². The summed E-state index contributed by atoms with van der Waals surface area (Å²) >= 11 is 0. The third-order valence-corrected chi connectivity index (χ3v) is 3.62. The molecule has 0 bridgehead atoms. The third kappa shape index (κ3) is 3.87. The lowest BCUT2D eigenvalue weighted by Gasteiger charge is -2.20. The molecule has 1 aromatic carbocycles. The largest absolute Gasteiger partial charge is 0.494 e. The molecule has 1 unspecified atom stereocenters. The molecule has 0 radical (unpaired) electrons. The zero-order chi connectivity index (χ0) is 15.9. The number of benzene rings is 1. The summed E-state index contributed by atoms with van der Waals surface area (Å²) in [6.45, 7) is 3.14. The molecule has 1 saturated heterocycles. The van der Waals surface area contributed by atoms with Crippen molar-refractivity contribution < 1.29 is 19.1 Å². The van der Waals surface area contributed by atoms with Gasteiger partial charge in [-0.25, -0.2) is 4.79 Å². The fraction of sp³-hybridized carbons (Fsp3) is 0.412. The Kier molecular flexibility index (Phi) is 5.58. The molecule has 0 N–H and O–H groups in total. The smallest absolute Gasteiger partial charge is 0.328 e. The molecule has 1 aliphatic heterocycles. The first kappa shape index (κ1) is 16.1. The van der Waals surface area contributed by atoms with Gasteiger partial charge in [-0.15, -0.1) is 0 Å². The van der Waals surface area contributed by atoms with Crippen LogP contribution in [0.15, 0.2) is 30.3 Å². The molecule has 5 nitrogen and oxygen atoms in total. The standard InChI is InChI=1S/C17H21NO4/c1-3-22-14-9-6-13(7-10-14)8-11-16(19)18-12-4-5-15(18)17(20)21-2/h6-11,15H,3-5,12H2,1-2H3/b11-8+. The number of methoxy groups -OCH3 is 1. The van der Waals surface area contributed by atoms with E-state index in [1.807, 2.05) is 31.2 Å². The van der Waals surface area contributed by atoms with Gasteiger partial charge in [0.2, 0.25) is 5.91 Å². The van der Waals surface area contributed by atoms with Gasteiger partial charge in [-0.1, -0.05) is 12.1 Å². The number of hydrogen-bond acceptors (Lipinski definition) is 4. The van der Waals surface area contributed by atoms with Crippen LogP contribution in [0.2, 0.25) is 0 Å². The first-order valence-electron chi connectivity index (χ1n) is 7.45. The Morgan fingerprint density at radius 3 is 2.68 bits per heavy atom. The van der Waals surface area contributed by atoms with Crippen molar-refractivity contribution in [1.29, 1.82) is 0 Å². The highest BCUT2D eigenvalue weighted by Gasteiger charge is 2.33. The van der Waals surface area contributed by atoms with E-state index in [0.717, 1.165) is 17.7 Å². The topological polar surface area (TPSA) is 55.8 Å². The van der Waals surface area contributed by atoms with Crippen LogP contribution in [0.1, 0.15) is 25.3 Å². The number of amides is 1. The van der Waals surface area contributed by atoms with Crippen molar-refractivity contribution in [2.45, 2.75) is 25.8 Å². The Morgan fingerprint density at radius 2 is 2.05 bits per heavy atom. The summed E-state index contributed by atoms with van der Waals surface area (Å²) < 4.78 is 10.1. The van der Waals surface area contributed by atoms with Crippen molar-refractivity contribution in [3.63, 3.8) is 0 Å². The summed E-state index contributed by atoms with van der Waals surface area (Å²) in [5.74, 6) is 0.290. The molecule has 1 aliphatic rings. The molecule has 1 aromatic rings. The fourth-order valence-corrected chi connectivity index (χ4v) is 2.52. The minimum atomic E-state index is -0.456. The Hall–Kier alpha value is -2.30. The number of ether oxygens (including phenoxy) is 2. The Balaban J connectivity index is 1.99. The van der Waals surface area contributed by atoms with Crippen LogP contribution in [0.3, 0.4) is 0 Å². The van der Waals surface area contributed by atoms with Crippen LogP contribution in [0.5, 0.6) is 5.75 Å². The predicted octanol–water partition coefficient (Wildman–Crippen LogP) is 2.26. The summed E-state index contributed by atoms with van der Waals surface area (Å²) in [5.41, 5.74) is 0.908. The van der Waals surface area contributed by atoms with Gasteiger partial charge in [0.25, 0.3) is 0 Å². The Morgan fingerprint density at radius 1 is 1.32 bits per heavy atom. The summed E-state index contributed by atoms with van der Waals surface area (Å²) in [5, 5.41) is 0. The minimum Gasteiger partial charge on any atom is -0.494 e. The average molecular weight is 303 g/mol. The second-order valence-corrected chi connectivity index (χ2v) is 5.05. The first-order chi connectivity index (χ1) is 10.7. The van der Waals surface area contributed by atoms with Gasteiger partial charge >= 0.3 is 5.97 Å². The van der Waals surface area contributed by atoms with Crippen molar-refractivity contribution >= 4 is 18.0 Å². The highest BCUT2D eigenvalue weighted by atomic mass is 16.5. The molecule has 2 rings (SSSR count). The van der Waals surface area contributed by atoms with E-state index >= 15 is 0 Å². The lowest BCUT2D eigenvalue weighted by molar-refractivity contribution is -0.149. The summed E-state index contributed by atoms with van der Waals surface area (Å²) in [7, 11) is 1.35. The van der Waals surface area contributed by atoms with Crippen LogP contribution in [0.25, 0.3) is 6.08 Å².